The average Bonchev–Trinajstić information content (AvgIpc) is 3.20. The fourth-order valence-electron chi connectivity index (χ4n) is 3.98. The molecule has 2 aromatic carbocycles. The van der Waals surface area contributed by atoms with Crippen molar-refractivity contribution in [2.75, 3.05) is 31.5 Å². The second kappa shape index (κ2) is 10.0. The summed E-state index contributed by atoms with van der Waals surface area (Å²) in [5.74, 6) is 0. The standard InChI is InChI=1S/C23H26ClN5O3S/c1-16-14-21(18-6-2-4-8-20(18)26-16)27-23(30)25-11-13-29-12-10-17(15-29)28-33(31,32)22-9-5-3-7-19(22)24/h2-9,14,17,28H,10-13,15H2,1H3,(H2,25,26,27,30). The zero-order chi connectivity index (χ0) is 23.4. The van der Waals surface area contributed by atoms with E-state index < -0.39 is 10.0 Å². The van der Waals surface area contributed by atoms with Crippen LogP contribution < -0.4 is 15.4 Å². The van der Waals surface area contributed by atoms with Crippen molar-refractivity contribution < 1.29 is 13.2 Å². The molecule has 4 rings (SSSR count). The Hall–Kier alpha value is -2.72. The number of carbonyl (C=O) groups is 1. The minimum atomic E-state index is -3.68. The summed E-state index contributed by atoms with van der Waals surface area (Å²) in [5.41, 5.74) is 2.37. The monoisotopic (exact) mass is 487 g/mol. The van der Waals surface area contributed by atoms with Gasteiger partial charge in [0.1, 0.15) is 4.90 Å². The molecule has 2 heterocycles. The molecule has 10 heteroatoms. The molecular formula is C23H26ClN5O3S. The van der Waals surface area contributed by atoms with E-state index in [4.69, 9.17) is 11.6 Å². The molecule has 33 heavy (non-hydrogen) atoms. The smallest absolute Gasteiger partial charge is 0.319 e. The maximum absolute atomic E-state index is 12.6. The second-order valence-corrected chi connectivity index (χ2v) is 10.1. The summed E-state index contributed by atoms with van der Waals surface area (Å²) >= 11 is 6.04. The van der Waals surface area contributed by atoms with Crippen molar-refractivity contribution in [2.24, 2.45) is 0 Å². The number of likely N-dealkylation sites (tertiary alicyclic amines) is 1. The molecule has 0 spiro atoms. The number of para-hydroxylation sites is 1. The number of nitrogens with one attached hydrogen (secondary N) is 3. The van der Waals surface area contributed by atoms with Gasteiger partial charge in [-0.2, -0.15) is 0 Å². The SMILES string of the molecule is Cc1cc(NC(=O)NCCN2CCC(NS(=O)(=O)c3ccccc3Cl)C2)c2ccccc2n1. The van der Waals surface area contributed by atoms with Gasteiger partial charge in [-0.05, 0) is 44.2 Å². The lowest BCUT2D eigenvalue weighted by molar-refractivity contribution is 0.249. The molecule has 1 aliphatic heterocycles. The third-order valence-electron chi connectivity index (χ3n) is 5.53. The van der Waals surface area contributed by atoms with E-state index in [0.29, 0.717) is 31.7 Å². The van der Waals surface area contributed by atoms with Crippen molar-refractivity contribution in [1.82, 2.24) is 19.9 Å². The van der Waals surface area contributed by atoms with Gasteiger partial charge in [0.2, 0.25) is 10.0 Å². The molecule has 3 aromatic rings. The zero-order valence-electron chi connectivity index (χ0n) is 18.2. The predicted octanol–water partition coefficient (Wildman–Crippen LogP) is 3.37. The van der Waals surface area contributed by atoms with Crippen LogP contribution in [-0.4, -0.2) is 56.6 Å². The number of urea groups is 1. The third kappa shape index (κ3) is 5.80. The molecule has 0 radical (unpaired) electrons. The molecule has 1 atom stereocenters. The lowest BCUT2D eigenvalue weighted by atomic mass is 10.1. The van der Waals surface area contributed by atoms with E-state index in [9.17, 15) is 13.2 Å². The number of halogens is 1. The highest BCUT2D eigenvalue weighted by Gasteiger charge is 2.28. The zero-order valence-corrected chi connectivity index (χ0v) is 19.8. The van der Waals surface area contributed by atoms with E-state index in [1.165, 1.54) is 6.07 Å². The molecule has 1 unspecified atom stereocenters. The number of carbonyl (C=O) groups excluding carboxylic acids is 1. The van der Waals surface area contributed by atoms with E-state index >= 15 is 0 Å². The van der Waals surface area contributed by atoms with Gasteiger partial charge in [0.15, 0.2) is 0 Å². The van der Waals surface area contributed by atoms with Gasteiger partial charge in [0.05, 0.1) is 16.2 Å². The number of benzene rings is 2. The van der Waals surface area contributed by atoms with Crippen LogP contribution >= 0.6 is 11.6 Å². The first-order valence-electron chi connectivity index (χ1n) is 10.7. The normalized spacial score (nSPS) is 16.7. The lowest BCUT2D eigenvalue weighted by Crippen LogP contribution is -2.39. The van der Waals surface area contributed by atoms with Gasteiger partial charge in [0, 0.05) is 36.8 Å². The highest BCUT2D eigenvalue weighted by atomic mass is 35.5. The van der Waals surface area contributed by atoms with E-state index in [0.717, 1.165) is 23.1 Å². The molecule has 174 valence electrons. The fourth-order valence-corrected chi connectivity index (χ4v) is 5.76. The van der Waals surface area contributed by atoms with Crippen molar-refractivity contribution in [3.8, 4) is 0 Å². The molecular weight excluding hydrogens is 462 g/mol. The molecule has 1 aromatic heterocycles. The molecule has 1 fully saturated rings. The Morgan fingerprint density at radius 3 is 2.76 bits per heavy atom. The van der Waals surface area contributed by atoms with Crippen LogP contribution in [0.3, 0.4) is 0 Å². The largest absolute Gasteiger partial charge is 0.337 e. The van der Waals surface area contributed by atoms with Crippen molar-refractivity contribution >= 4 is 44.2 Å². The summed E-state index contributed by atoms with van der Waals surface area (Å²) < 4.78 is 28.0. The minimum absolute atomic E-state index is 0.0855. The Morgan fingerprint density at radius 2 is 1.94 bits per heavy atom. The molecule has 3 N–H and O–H groups in total. The van der Waals surface area contributed by atoms with E-state index in [1.807, 2.05) is 37.3 Å². The van der Waals surface area contributed by atoms with E-state index in [1.54, 1.807) is 18.2 Å². The molecule has 2 amide bonds. The van der Waals surface area contributed by atoms with Gasteiger partial charge in [-0.1, -0.05) is 41.9 Å². The first-order valence-corrected chi connectivity index (χ1v) is 12.6. The number of rotatable bonds is 7. The Kier molecular flexibility index (Phi) is 7.14. The Bertz CT molecular complexity index is 1270. The number of fused-ring (bicyclic) bond motifs is 1. The second-order valence-electron chi connectivity index (χ2n) is 8.05. The highest BCUT2D eigenvalue weighted by molar-refractivity contribution is 7.89. The summed E-state index contributed by atoms with van der Waals surface area (Å²) in [6, 6.07) is 15.4. The van der Waals surface area contributed by atoms with Crippen LogP contribution in [0.4, 0.5) is 10.5 Å². The van der Waals surface area contributed by atoms with E-state index in [-0.39, 0.29) is 22.0 Å². The molecule has 1 saturated heterocycles. The predicted molar refractivity (Wildman–Crippen MR) is 130 cm³/mol. The highest BCUT2D eigenvalue weighted by Crippen LogP contribution is 2.23. The van der Waals surface area contributed by atoms with Gasteiger partial charge >= 0.3 is 6.03 Å². The van der Waals surface area contributed by atoms with Crippen LogP contribution in [0, 0.1) is 6.92 Å². The van der Waals surface area contributed by atoms with Crippen molar-refractivity contribution in [3.63, 3.8) is 0 Å². The van der Waals surface area contributed by atoms with Gasteiger partial charge in [-0.15, -0.1) is 0 Å². The Balaban J connectivity index is 1.26. The Morgan fingerprint density at radius 1 is 1.18 bits per heavy atom. The number of anilines is 1. The first kappa shape index (κ1) is 23.4. The number of amides is 2. The van der Waals surface area contributed by atoms with Crippen LogP contribution in [0.1, 0.15) is 12.1 Å². The maximum atomic E-state index is 12.6. The quantitative estimate of drug-likeness (QED) is 0.474. The Labute approximate surface area is 198 Å². The lowest BCUT2D eigenvalue weighted by Gasteiger charge is -2.17. The van der Waals surface area contributed by atoms with Gasteiger partial charge in [0.25, 0.3) is 0 Å². The minimum Gasteiger partial charge on any atom is -0.337 e. The molecule has 8 nitrogen and oxygen atoms in total. The summed E-state index contributed by atoms with van der Waals surface area (Å²) in [5, 5.41) is 6.85. The van der Waals surface area contributed by atoms with Crippen LogP contribution in [-0.2, 0) is 10.0 Å². The first-order chi connectivity index (χ1) is 15.8. The number of hydrogen-bond donors (Lipinski definition) is 3. The van der Waals surface area contributed by atoms with Crippen molar-refractivity contribution in [2.45, 2.75) is 24.3 Å². The topological polar surface area (TPSA) is 103 Å². The number of aryl methyl sites for hydroxylation is 1. The number of aromatic nitrogens is 1. The third-order valence-corrected chi connectivity index (χ3v) is 7.55. The summed E-state index contributed by atoms with van der Waals surface area (Å²) in [4.78, 5) is 19.1. The summed E-state index contributed by atoms with van der Waals surface area (Å²) in [6.07, 6.45) is 0.693. The van der Waals surface area contributed by atoms with Gasteiger partial charge in [-0.25, -0.2) is 17.9 Å². The number of pyridine rings is 1. The molecule has 1 aliphatic rings. The van der Waals surface area contributed by atoms with Crippen molar-refractivity contribution in [1.29, 1.82) is 0 Å². The van der Waals surface area contributed by atoms with Crippen LogP contribution in [0.5, 0.6) is 0 Å². The van der Waals surface area contributed by atoms with Crippen LogP contribution in [0.25, 0.3) is 10.9 Å². The van der Waals surface area contributed by atoms with Gasteiger partial charge in [-0.3, -0.25) is 9.88 Å². The van der Waals surface area contributed by atoms with Crippen LogP contribution in [0.15, 0.2) is 59.5 Å². The molecule has 0 bridgehead atoms. The van der Waals surface area contributed by atoms with Gasteiger partial charge < -0.3 is 10.6 Å². The molecule has 0 saturated carbocycles. The van der Waals surface area contributed by atoms with E-state index in [2.05, 4.69) is 25.2 Å². The van der Waals surface area contributed by atoms with Crippen LogP contribution in [0.2, 0.25) is 5.02 Å². The number of hydrogen-bond acceptors (Lipinski definition) is 5. The number of nitrogens with zero attached hydrogens (tertiary/aromatic N) is 2. The summed E-state index contributed by atoms with van der Waals surface area (Å²) in [6.45, 7) is 4.26. The number of sulfonamides is 1. The molecule has 0 aliphatic carbocycles. The fraction of sp³-hybridized carbons (Fsp3) is 0.304. The van der Waals surface area contributed by atoms with Crippen molar-refractivity contribution in [3.05, 3.63) is 65.3 Å². The maximum Gasteiger partial charge on any atom is 0.319 e. The average molecular weight is 488 g/mol. The summed E-state index contributed by atoms with van der Waals surface area (Å²) in [7, 11) is -3.68.